The van der Waals surface area contributed by atoms with Crippen molar-refractivity contribution in [2.45, 2.75) is 23.9 Å². The van der Waals surface area contributed by atoms with Crippen molar-refractivity contribution in [2.24, 2.45) is 0 Å². The minimum absolute atomic E-state index is 0.102. The minimum Gasteiger partial charge on any atom is -0.308 e. The van der Waals surface area contributed by atoms with Gasteiger partial charge in [0.2, 0.25) is 0 Å². The van der Waals surface area contributed by atoms with Crippen LogP contribution in [0.15, 0.2) is 47.6 Å². The zero-order valence-corrected chi connectivity index (χ0v) is 11.9. The Morgan fingerprint density at radius 1 is 1.30 bits per heavy atom. The third kappa shape index (κ3) is 2.62. The molecule has 1 aliphatic heterocycles. The molecule has 0 fully saturated rings. The number of fused-ring (bicyclic) bond motifs is 1. The number of sulfone groups is 1. The van der Waals surface area contributed by atoms with Gasteiger partial charge >= 0.3 is 0 Å². The van der Waals surface area contributed by atoms with Crippen LogP contribution in [0.25, 0.3) is 0 Å². The number of hydrogen-bond donors (Lipinski definition) is 1. The van der Waals surface area contributed by atoms with Crippen LogP contribution in [0.3, 0.4) is 0 Å². The van der Waals surface area contributed by atoms with E-state index in [1.807, 2.05) is 29.1 Å². The van der Waals surface area contributed by atoms with Crippen molar-refractivity contribution in [3.8, 4) is 0 Å². The summed E-state index contributed by atoms with van der Waals surface area (Å²) in [6.07, 6.45) is 4.29. The molecule has 1 unspecified atom stereocenters. The minimum atomic E-state index is -3.10. The highest BCUT2D eigenvalue weighted by atomic mass is 32.2. The molecule has 1 atom stereocenters. The first-order valence-electron chi connectivity index (χ1n) is 6.69. The van der Waals surface area contributed by atoms with Crippen LogP contribution in [0.2, 0.25) is 0 Å². The summed E-state index contributed by atoms with van der Waals surface area (Å²) in [5.41, 5.74) is 0.888. The molecule has 1 N–H and O–H groups in total. The Morgan fingerprint density at radius 3 is 2.95 bits per heavy atom. The van der Waals surface area contributed by atoms with Crippen LogP contribution >= 0.6 is 0 Å². The van der Waals surface area contributed by atoms with Gasteiger partial charge in [0.25, 0.3) is 0 Å². The smallest absolute Gasteiger partial charge is 0.178 e. The van der Waals surface area contributed by atoms with Crippen molar-refractivity contribution in [3.05, 3.63) is 48.3 Å². The lowest BCUT2D eigenvalue weighted by Gasteiger charge is -2.26. The topological polar surface area (TPSA) is 64.0 Å². The second-order valence-electron chi connectivity index (χ2n) is 4.92. The average molecular weight is 291 g/mol. The zero-order valence-electron chi connectivity index (χ0n) is 11.1. The molecule has 2 heterocycles. The SMILES string of the molecule is O=S1(=O)CCC(NCCn2cccn2)c2ccccc21. The number of nitrogens with one attached hydrogen (secondary N) is 1. The molecule has 6 heteroatoms. The Balaban J connectivity index is 1.72. The molecule has 1 aromatic heterocycles. The largest absolute Gasteiger partial charge is 0.308 e. The fourth-order valence-corrected chi connectivity index (χ4v) is 4.21. The van der Waals surface area contributed by atoms with Gasteiger partial charge in [-0.3, -0.25) is 4.68 Å². The lowest BCUT2D eigenvalue weighted by molar-refractivity contribution is 0.462. The van der Waals surface area contributed by atoms with Gasteiger partial charge in [-0.1, -0.05) is 18.2 Å². The fourth-order valence-electron chi connectivity index (χ4n) is 2.59. The van der Waals surface area contributed by atoms with Crippen LogP contribution in [0.4, 0.5) is 0 Å². The van der Waals surface area contributed by atoms with Crippen molar-refractivity contribution in [1.82, 2.24) is 15.1 Å². The third-order valence-electron chi connectivity index (χ3n) is 3.60. The van der Waals surface area contributed by atoms with Crippen LogP contribution < -0.4 is 5.32 Å². The summed E-state index contributed by atoms with van der Waals surface area (Å²) in [7, 11) is -3.10. The quantitative estimate of drug-likeness (QED) is 0.924. The second-order valence-corrected chi connectivity index (χ2v) is 7.00. The summed E-state index contributed by atoms with van der Waals surface area (Å²) in [5.74, 6) is 0.212. The molecule has 0 radical (unpaired) electrons. The van der Waals surface area contributed by atoms with E-state index < -0.39 is 9.84 Å². The Hall–Kier alpha value is -1.66. The van der Waals surface area contributed by atoms with Gasteiger partial charge in [-0.25, -0.2) is 8.42 Å². The molecule has 0 amide bonds. The lowest BCUT2D eigenvalue weighted by Crippen LogP contribution is -2.31. The number of hydrogen-bond acceptors (Lipinski definition) is 4. The maximum Gasteiger partial charge on any atom is 0.178 e. The van der Waals surface area contributed by atoms with E-state index in [1.54, 1.807) is 18.3 Å². The van der Waals surface area contributed by atoms with E-state index in [1.165, 1.54) is 0 Å². The van der Waals surface area contributed by atoms with Gasteiger partial charge < -0.3 is 5.32 Å². The third-order valence-corrected chi connectivity index (χ3v) is 5.41. The van der Waals surface area contributed by atoms with Gasteiger partial charge in [-0.15, -0.1) is 0 Å². The molecule has 0 saturated heterocycles. The molecular weight excluding hydrogens is 274 g/mol. The second kappa shape index (κ2) is 5.38. The summed E-state index contributed by atoms with van der Waals surface area (Å²) >= 11 is 0. The van der Waals surface area contributed by atoms with E-state index in [0.29, 0.717) is 11.3 Å². The highest BCUT2D eigenvalue weighted by Crippen LogP contribution is 2.31. The standard InChI is InChI=1S/C14H17N3O2S/c18-20(19)11-6-13(12-4-1-2-5-14(12)20)15-8-10-17-9-3-7-16-17/h1-5,7,9,13,15H,6,8,10-11H2. The van der Waals surface area contributed by atoms with E-state index in [0.717, 1.165) is 18.7 Å². The van der Waals surface area contributed by atoms with Gasteiger partial charge in [0.1, 0.15) is 0 Å². The summed E-state index contributed by atoms with van der Waals surface area (Å²) in [6.45, 7) is 1.54. The molecule has 0 aliphatic carbocycles. The van der Waals surface area contributed by atoms with E-state index >= 15 is 0 Å². The summed E-state index contributed by atoms with van der Waals surface area (Å²) in [6, 6.07) is 9.27. The molecule has 106 valence electrons. The predicted molar refractivity (Wildman–Crippen MR) is 76.1 cm³/mol. The molecule has 20 heavy (non-hydrogen) atoms. The number of rotatable bonds is 4. The van der Waals surface area contributed by atoms with Crippen molar-refractivity contribution in [2.75, 3.05) is 12.3 Å². The van der Waals surface area contributed by atoms with Gasteiger partial charge in [-0.2, -0.15) is 5.10 Å². The van der Waals surface area contributed by atoms with Gasteiger partial charge in [0.05, 0.1) is 17.2 Å². The molecule has 1 aliphatic rings. The fraction of sp³-hybridized carbons (Fsp3) is 0.357. The van der Waals surface area contributed by atoms with E-state index in [2.05, 4.69) is 10.4 Å². The molecule has 0 saturated carbocycles. The molecule has 1 aromatic carbocycles. The Labute approximate surface area is 118 Å². The Morgan fingerprint density at radius 2 is 2.15 bits per heavy atom. The van der Waals surface area contributed by atoms with Gasteiger partial charge in [0, 0.05) is 25.0 Å². The first-order valence-corrected chi connectivity index (χ1v) is 8.34. The molecule has 0 spiro atoms. The Kier molecular flexibility index (Phi) is 3.58. The van der Waals surface area contributed by atoms with Crippen molar-refractivity contribution in [3.63, 3.8) is 0 Å². The highest BCUT2D eigenvalue weighted by molar-refractivity contribution is 7.91. The van der Waals surface area contributed by atoms with Crippen LogP contribution in [-0.2, 0) is 16.4 Å². The highest BCUT2D eigenvalue weighted by Gasteiger charge is 2.29. The van der Waals surface area contributed by atoms with E-state index in [4.69, 9.17) is 0 Å². The van der Waals surface area contributed by atoms with Gasteiger partial charge in [0.15, 0.2) is 9.84 Å². The normalized spacial score (nSPS) is 20.5. The van der Waals surface area contributed by atoms with Gasteiger partial charge in [-0.05, 0) is 24.1 Å². The van der Waals surface area contributed by atoms with Crippen LogP contribution in [0, 0.1) is 0 Å². The molecule has 3 rings (SSSR count). The van der Waals surface area contributed by atoms with Crippen molar-refractivity contribution in [1.29, 1.82) is 0 Å². The van der Waals surface area contributed by atoms with Crippen LogP contribution in [0.5, 0.6) is 0 Å². The molecular formula is C14H17N3O2S. The molecule has 5 nitrogen and oxygen atoms in total. The number of benzene rings is 1. The monoisotopic (exact) mass is 291 g/mol. The lowest BCUT2D eigenvalue weighted by atomic mass is 10.0. The number of aromatic nitrogens is 2. The van der Waals surface area contributed by atoms with E-state index in [-0.39, 0.29) is 11.8 Å². The Bertz CT molecular complexity index is 680. The molecule has 0 bridgehead atoms. The van der Waals surface area contributed by atoms with Crippen molar-refractivity contribution >= 4 is 9.84 Å². The maximum atomic E-state index is 12.0. The first kappa shape index (κ1) is 13.3. The van der Waals surface area contributed by atoms with E-state index in [9.17, 15) is 8.42 Å². The average Bonchev–Trinajstić information content (AvgIpc) is 2.95. The molecule has 2 aromatic rings. The summed E-state index contributed by atoms with van der Waals surface area (Å²) < 4.78 is 25.9. The zero-order chi connectivity index (χ0) is 14.0. The summed E-state index contributed by atoms with van der Waals surface area (Å²) in [4.78, 5) is 0.475. The summed E-state index contributed by atoms with van der Waals surface area (Å²) in [5, 5.41) is 7.58. The predicted octanol–water partition coefficient (Wildman–Crippen LogP) is 1.39. The number of nitrogens with zero attached hydrogens (tertiary/aromatic N) is 2. The van der Waals surface area contributed by atoms with Crippen molar-refractivity contribution < 1.29 is 8.42 Å². The van der Waals surface area contributed by atoms with Crippen LogP contribution in [0.1, 0.15) is 18.0 Å². The maximum absolute atomic E-state index is 12.0. The van der Waals surface area contributed by atoms with Crippen LogP contribution in [-0.4, -0.2) is 30.5 Å². The first-order chi connectivity index (χ1) is 9.67.